The van der Waals surface area contributed by atoms with Crippen molar-refractivity contribution >= 4 is 23.3 Å². The standard InChI is InChI=1S/C16H19FN4O3S/c1-2-18-16(23)20-8-7-19-15(22)12-10-25-14(21-12)9-24-13-6-4-3-5-11(13)17/h3-6,10H,2,7-9H2,1H3,(H,19,22)(H2,18,20,23). The van der Waals surface area contributed by atoms with E-state index in [4.69, 9.17) is 4.74 Å². The van der Waals surface area contributed by atoms with Gasteiger partial charge >= 0.3 is 6.03 Å². The first-order valence-electron chi connectivity index (χ1n) is 7.71. The molecule has 0 fully saturated rings. The molecule has 1 aromatic carbocycles. The van der Waals surface area contributed by atoms with Gasteiger partial charge in [0.2, 0.25) is 0 Å². The lowest BCUT2D eigenvalue weighted by Gasteiger charge is -2.06. The van der Waals surface area contributed by atoms with Gasteiger partial charge in [-0.25, -0.2) is 14.2 Å². The van der Waals surface area contributed by atoms with Crippen LogP contribution in [0.4, 0.5) is 9.18 Å². The maximum absolute atomic E-state index is 13.5. The molecule has 3 N–H and O–H groups in total. The molecule has 1 aromatic heterocycles. The number of benzene rings is 1. The minimum Gasteiger partial charge on any atom is -0.483 e. The Bertz CT molecular complexity index is 723. The molecule has 0 unspecified atom stereocenters. The van der Waals surface area contributed by atoms with Crippen LogP contribution in [0, 0.1) is 5.82 Å². The highest BCUT2D eigenvalue weighted by Crippen LogP contribution is 2.18. The van der Waals surface area contributed by atoms with Gasteiger partial charge in [0.1, 0.15) is 17.3 Å². The first-order valence-corrected chi connectivity index (χ1v) is 8.59. The number of hydrogen-bond donors (Lipinski definition) is 3. The number of urea groups is 1. The average Bonchev–Trinajstić information content (AvgIpc) is 3.07. The summed E-state index contributed by atoms with van der Waals surface area (Å²) in [6, 6.07) is 5.81. The van der Waals surface area contributed by atoms with Crippen LogP contribution in [-0.2, 0) is 6.61 Å². The molecule has 9 heteroatoms. The van der Waals surface area contributed by atoms with Crippen molar-refractivity contribution in [3.05, 3.63) is 46.2 Å². The smallest absolute Gasteiger partial charge is 0.314 e. The number of carbonyl (C=O) groups is 2. The molecule has 1 heterocycles. The van der Waals surface area contributed by atoms with Crippen LogP contribution in [0.15, 0.2) is 29.6 Å². The fraction of sp³-hybridized carbons (Fsp3) is 0.312. The number of thiazole rings is 1. The Morgan fingerprint density at radius 2 is 1.96 bits per heavy atom. The van der Waals surface area contributed by atoms with Crippen molar-refractivity contribution in [2.75, 3.05) is 19.6 Å². The van der Waals surface area contributed by atoms with Crippen molar-refractivity contribution in [1.29, 1.82) is 0 Å². The van der Waals surface area contributed by atoms with E-state index in [1.54, 1.807) is 17.5 Å². The average molecular weight is 366 g/mol. The Kier molecular flexibility index (Phi) is 7.15. The molecule has 2 rings (SSSR count). The van der Waals surface area contributed by atoms with E-state index in [1.807, 2.05) is 6.92 Å². The van der Waals surface area contributed by atoms with Crippen molar-refractivity contribution < 1.29 is 18.7 Å². The van der Waals surface area contributed by atoms with Crippen LogP contribution in [0.2, 0.25) is 0 Å². The lowest BCUT2D eigenvalue weighted by atomic mass is 10.3. The first kappa shape index (κ1) is 18.7. The van der Waals surface area contributed by atoms with Crippen molar-refractivity contribution in [3.8, 4) is 5.75 Å². The number of nitrogens with zero attached hydrogens (tertiary/aromatic N) is 1. The Labute approximate surface area is 148 Å². The topological polar surface area (TPSA) is 92.4 Å². The minimum atomic E-state index is -0.448. The summed E-state index contributed by atoms with van der Waals surface area (Å²) in [4.78, 5) is 27.3. The third-order valence-corrected chi connectivity index (χ3v) is 3.83. The number of hydrogen-bond acceptors (Lipinski definition) is 5. The molecule has 0 atom stereocenters. The van der Waals surface area contributed by atoms with Gasteiger partial charge in [-0.05, 0) is 19.1 Å². The fourth-order valence-electron chi connectivity index (χ4n) is 1.85. The Hall–Kier alpha value is -2.68. The van der Waals surface area contributed by atoms with Gasteiger partial charge in [0.15, 0.2) is 11.6 Å². The van der Waals surface area contributed by atoms with Gasteiger partial charge in [-0.2, -0.15) is 0 Å². The molecular weight excluding hydrogens is 347 g/mol. The van der Waals surface area contributed by atoms with E-state index in [0.29, 0.717) is 18.1 Å². The molecule has 0 aliphatic rings. The van der Waals surface area contributed by atoms with E-state index in [0.717, 1.165) is 0 Å². The second-order valence-corrected chi connectivity index (χ2v) is 5.83. The SMILES string of the molecule is CCNC(=O)NCCNC(=O)c1csc(COc2ccccc2F)n1. The van der Waals surface area contributed by atoms with Gasteiger partial charge in [-0.1, -0.05) is 12.1 Å². The Balaban J connectivity index is 1.75. The van der Waals surface area contributed by atoms with Crippen LogP contribution in [0.5, 0.6) is 5.75 Å². The molecule has 0 saturated carbocycles. The van der Waals surface area contributed by atoms with E-state index in [1.165, 1.54) is 23.5 Å². The summed E-state index contributed by atoms with van der Waals surface area (Å²) in [6.07, 6.45) is 0. The predicted octanol–water partition coefficient (Wildman–Crippen LogP) is 1.91. The summed E-state index contributed by atoms with van der Waals surface area (Å²) in [7, 11) is 0. The number of ether oxygens (including phenoxy) is 1. The molecule has 0 spiro atoms. The van der Waals surface area contributed by atoms with Crippen molar-refractivity contribution in [1.82, 2.24) is 20.9 Å². The monoisotopic (exact) mass is 366 g/mol. The highest BCUT2D eigenvalue weighted by Gasteiger charge is 2.11. The number of para-hydroxylation sites is 1. The van der Waals surface area contributed by atoms with Crippen LogP contribution in [0.25, 0.3) is 0 Å². The van der Waals surface area contributed by atoms with Gasteiger partial charge < -0.3 is 20.7 Å². The van der Waals surface area contributed by atoms with Crippen molar-refractivity contribution in [3.63, 3.8) is 0 Å². The van der Waals surface area contributed by atoms with Crippen molar-refractivity contribution in [2.45, 2.75) is 13.5 Å². The molecule has 134 valence electrons. The summed E-state index contributed by atoms with van der Waals surface area (Å²) in [5, 5.41) is 10.0. The zero-order chi connectivity index (χ0) is 18.1. The summed E-state index contributed by atoms with van der Waals surface area (Å²) in [5.74, 6) is -0.650. The summed E-state index contributed by atoms with van der Waals surface area (Å²) in [5.41, 5.74) is 0.259. The van der Waals surface area contributed by atoms with Gasteiger partial charge in [0, 0.05) is 25.0 Å². The predicted molar refractivity (Wildman–Crippen MR) is 92.3 cm³/mol. The van der Waals surface area contributed by atoms with Crippen LogP contribution >= 0.6 is 11.3 Å². The zero-order valence-corrected chi connectivity index (χ0v) is 14.5. The number of halogens is 1. The van der Waals surface area contributed by atoms with Crippen LogP contribution in [0.1, 0.15) is 22.4 Å². The normalized spacial score (nSPS) is 10.2. The van der Waals surface area contributed by atoms with E-state index in [2.05, 4.69) is 20.9 Å². The Morgan fingerprint density at radius 1 is 1.20 bits per heavy atom. The maximum Gasteiger partial charge on any atom is 0.314 e. The summed E-state index contributed by atoms with van der Waals surface area (Å²) >= 11 is 1.25. The van der Waals surface area contributed by atoms with Crippen LogP contribution in [0.3, 0.4) is 0 Å². The van der Waals surface area contributed by atoms with E-state index < -0.39 is 5.82 Å². The zero-order valence-electron chi connectivity index (χ0n) is 13.7. The fourth-order valence-corrected chi connectivity index (χ4v) is 2.53. The number of carbonyl (C=O) groups excluding carboxylic acids is 2. The molecule has 3 amide bonds. The first-order chi connectivity index (χ1) is 12.1. The van der Waals surface area contributed by atoms with Crippen LogP contribution < -0.4 is 20.7 Å². The van der Waals surface area contributed by atoms with Gasteiger partial charge in [-0.3, -0.25) is 4.79 Å². The van der Waals surface area contributed by atoms with Gasteiger partial charge in [0.25, 0.3) is 5.91 Å². The van der Waals surface area contributed by atoms with E-state index >= 15 is 0 Å². The largest absolute Gasteiger partial charge is 0.483 e. The number of nitrogens with one attached hydrogen (secondary N) is 3. The molecule has 0 radical (unpaired) electrons. The second kappa shape index (κ2) is 9.58. The minimum absolute atomic E-state index is 0.0810. The van der Waals surface area contributed by atoms with Gasteiger partial charge in [0.05, 0.1) is 0 Å². The summed E-state index contributed by atoms with van der Waals surface area (Å²) < 4.78 is 18.8. The number of aromatic nitrogens is 1. The van der Waals surface area contributed by atoms with E-state index in [-0.39, 0.29) is 36.5 Å². The highest BCUT2D eigenvalue weighted by atomic mass is 32.1. The molecule has 0 aliphatic heterocycles. The molecule has 2 aromatic rings. The lowest BCUT2D eigenvalue weighted by molar-refractivity contribution is 0.0949. The quantitative estimate of drug-likeness (QED) is 0.622. The van der Waals surface area contributed by atoms with Crippen LogP contribution in [-0.4, -0.2) is 36.6 Å². The molecule has 0 aliphatic carbocycles. The molecular formula is C16H19FN4O3S. The number of amides is 3. The van der Waals surface area contributed by atoms with Crippen molar-refractivity contribution in [2.24, 2.45) is 0 Å². The third-order valence-electron chi connectivity index (χ3n) is 3.01. The molecule has 0 saturated heterocycles. The molecule has 25 heavy (non-hydrogen) atoms. The molecule has 7 nitrogen and oxygen atoms in total. The molecule has 0 bridgehead atoms. The van der Waals surface area contributed by atoms with Gasteiger partial charge in [-0.15, -0.1) is 11.3 Å². The summed E-state index contributed by atoms with van der Waals surface area (Å²) in [6.45, 7) is 3.03. The highest BCUT2D eigenvalue weighted by molar-refractivity contribution is 7.09. The number of rotatable bonds is 8. The van der Waals surface area contributed by atoms with E-state index in [9.17, 15) is 14.0 Å². The third kappa shape index (κ3) is 6.03. The Morgan fingerprint density at radius 3 is 2.72 bits per heavy atom. The second-order valence-electron chi connectivity index (χ2n) is 4.89. The lowest BCUT2D eigenvalue weighted by Crippen LogP contribution is -2.40. The maximum atomic E-state index is 13.5.